The molecule has 9 heteroatoms. The predicted molar refractivity (Wildman–Crippen MR) is 91.0 cm³/mol. The van der Waals surface area contributed by atoms with Crippen molar-refractivity contribution in [1.29, 1.82) is 0 Å². The number of alkyl halides is 3. The second kappa shape index (κ2) is 10.2. The molecule has 0 spiro atoms. The maximum atomic E-state index is 12.2. The van der Waals surface area contributed by atoms with E-state index in [1.54, 1.807) is 14.0 Å². The van der Waals surface area contributed by atoms with E-state index < -0.39 is 12.8 Å². The Morgan fingerprint density at radius 3 is 2.50 bits per heavy atom. The average Bonchev–Trinajstić information content (AvgIpc) is 2.56. The summed E-state index contributed by atoms with van der Waals surface area (Å²) in [4.78, 5) is 22.2. The number of benzene rings is 1. The quantitative estimate of drug-likeness (QED) is 0.313. The molecule has 1 rings (SSSR count). The van der Waals surface area contributed by atoms with Crippen LogP contribution in [0, 0.1) is 0 Å². The van der Waals surface area contributed by atoms with Gasteiger partial charge in [-0.15, -0.1) is 0 Å². The fourth-order valence-electron chi connectivity index (χ4n) is 1.88. The number of halogens is 3. The molecule has 0 radical (unpaired) electrons. The lowest BCUT2D eigenvalue weighted by Crippen LogP contribution is -2.33. The number of carbonyl (C=O) groups is 2. The molecule has 26 heavy (non-hydrogen) atoms. The third kappa shape index (κ3) is 8.32. The maximum absolute atomic E-state index is 12.2. The molecule has 1 aromatic rings. The van der Waals surface area contributed by atoms with Crippen molar-refractivity contribution in [1.82, 2.24) is 10.3 Å². The molecule has 0 unspecified atom stereocenters. The van der Waals surface area contributed by atoms with Gasteiger partial charge in [-0.1, -0.05) is 0 Å². The van der Waals surface area contributed by atoms with Crippen LogP contribution in [0.5, 0.6) is 5.75 Å². The second-order valence-electron chi connectivity index (χ2n) is 5.18. The van der Waals surface area contributed by atoms with Crippen LogP contribution in [-0.4, -0.2) is 55.8 Å². The lowest BCUT2D eigenvalue weighted by atomic mass is 10.1. The van der Waals surface area contributed by atoms with Gasteiger partial charge in [-0.25, -0.2) is 0 Å². The molecule has 0 heterocycles. The van der Waals surface area contributed by atoms with Gasteiger partial charge in [0.1, 0.15) is 18.6 Å². The summed E-state index contributed by atoms with van der Waals surface area (Å²) < 4.78 is 41.1. The topological polar surface area (TPSA) is 71.0 Å². The molecule has 0 aliphatic heterocycles. The largest absolute Gasteiger partial charge is 0.484 e. The molecule has 0 aromatic heterocycles. The summed E-state index contributed by atoms with van der Waals surface area (Å²) >= 11 is 0. The Bertz CT molecular complexity index is 655. The van der Waals surface area contributed by atoms with Crippen molar-refractivity contribution in [3.63, 3.8) is 0 Å². The van der Waals surface area contributed by atoms with Crippen LogP contribution in [-0.2, 0) is 9.59 Å². The Balaban J connectivity index is 2.91. The molecule has 0 saturated carbocycles. The summed E-state index contributed by atoms with van der Waals surface area (Å²) in [5.41, 5.74) is 0.913. The fraction of sp³-hybridized carbons (Fsp3) is 0.353. The van der Waals surface area contributed by atoms with Crippen LogP contribution < -0.4 is 10.1 Å². The molecule has 0 saturated heterocycles. The number of likely N-dealkylation sites (N-methyl/N-ethyl adjacent to an activating group) is 2. The van der Waals surface area contributed by atoms with Crippen LogP contribution in [0.25, 0.3) is 0 Å². The molecule has 1 aromatic carbocycles. The van der Waals surface area contributed by atoms with Gasteiger partial charge in [0.05, 0.1) is 5.71 Å². The minimum absolute atomic E-state index is 0.0129. The number of hydrazone groups is 1. The number of nitrogens with one attached hydrogen (secondary N) is 1. The van der Waals surface area contributed by atoms with E-state index in [0.29, 0.717) is 24.1 Å². The first kappa shape index (κ1) is 21.2. The van der Waals surface area contributed by atoms with Gasteiger partial charge in [-0.05, 0) is 43.3 Å². The number of rotatable bonds is 9. The smallest absolute Gasteiger partial charge is 0.422 e. The standard InChI is InChI=1S/C17H20F3N3O3/c1-3-21-16(25)11-23(2)22-15(5-4-10-24)13-6-8-14(9-7-13)26-12-17(18,19)20/h4-10H,3,11-12H2,1-2H3,(H,21,25)/b5-4-,22-15+. The normalized spacial score (nSPS) is 12.1. The highest BCUT2D eigenvalue weighted by molar-refractivity contribution is 6.09. The van der Waals surface area contributed by atoms with E-state index in [0.717, 1.165) is 0 Å². The molecule has 0 fully saturated rings. The van der Waals surface area contributed by atoms with Gasteiger partial charge in [0, 0.05) is 19.2 Å². The second-order valence-corrected chi connectivity index (χ2v) is 5.18. The molecular formula is C17H20F3N3O3. The van der Waals surface area contributed by atoms with Crippen molar-refractivity contribution in [2.75, 3.05) is 26.7 Å². The van der Waals surface area contributed by atoms with Gasteiger partial charge in [-0.3, -0.25) is 14.6 Å². The van der Waals surface area contributed by atoms with Crippen molar-refractivity contribution < 1.29 is 27.5 Å². The molecule has 1 amide bonds. The molecule has 0 aliphatic carbocycles. The summed E-state index contributed by atoms with van der Waals surface area (Å²) in [7, 11) is 1.59. The Labute approximate surface area is 149 Å². The number of allylic oxidation sites excluding steroid dienone is 2. The third-order valence-corrected chi connectivity index (χ3v) is 2.91. The molecule has 142 valence electrons. The summed E-state index contributed by atoms with van der Waals surface area (Å²) in [5.74, 6) is -0.158. The van der Waals surface area contributed by atoms with Crippen LogP contribution in [0.2, 0.25) is 0 Å². The van der Waals surface area contributed by atoms with Crippen LogP contribution in [0.1, 0.15) is 12.5 Å². The number of hydrogen-bond donors (Lipinski definition) is 1. The Morgan fingerprint density at radius 1 is 1.31 bits per heavy atom. The predicted octanol–water partition coefficient (Wildman–Crippen LogP) is 2.15. The molecule has 0 atom stereocenters. The SMILES string of the molecule is CCNC(=O)CN(C)/N=C(\C=C/C=O)c1ccc(OCC(F)(F)F)cc1. The minimum atomic E-state index is -4.42. The molecule has 0 bridgehead atoms. The van der Waals surface area contributed by atoms with Crippen molar-refractivity contribution in [2.24, 2.45) is 5.10 Å². The number of hydrogen-bond acceptors (Lipinski definition) is 5. The zero-order chi connectivity index (χ0) is 19.6. The van der Waals surface area contributed by atoms with Gasteiger partial charge >= 0.3 is 6.18 Å². The highest BCUT2D eigenvalue weighted by Gasteiger charge is 2.28. The molecule has 6 nitrogen and oxygen atoms in total. The monoisotopic (exact) mass is 371 g/mol. The molecule has 1 N–H and O–H groups in total. The van der Waals surface area contributed by atoms with E-state index in [4.69, 9.17) is 0 Å². The number of nitrogens with zero attached hydrogens (tertiary/aromatic N) is 2. The highest BCUT2D eigenvalue weighted by atomic mass is 19.4. The van der Waals surface area contributed by atoms with E-state index in [2.05, 4.69) is 15.2 Å². The van der Waals surface area contributed by atoms with Gasteiger partial charge in [0.15, 0.2) is 6.61 Å². The van der Waals surface area contributed by atoms with Gasteiger partial charge in [-0.2, -0.15) is 18.3 Å². The summed E-state index contributed by atoms with van der Waals surface area (Å²) in [6.07, 6.45) is -1.18. The Hall–Kier alpha value is -2.84. The first-order valence-corrected chi connectivity index (χ1v) is 7.73. The van der Waals surface area contributed by atoms with E-state index in [1.165, 1.54) is 41.4 Å². The van der Waals surface area contributed by atoms with E-state index in [-0.39, 0.29) is 18.2 Å². The first-order valence-electron chi connectivity index (χ1n) is 7.73. The first-order chi connectivity index (χ1) is 12.2. The number of amides is 1. The lowest BCUT2D eigenvalue weighted by molar-refractivity contribution is -0.153. The van der Waals surface area contributed by atoms with E-state index >= 15 is 0 Å². The van der Waals surface area contributed by atoms with Gasteiger partial charge in [0.2, 0.25) is 5.91 Å². The van der Waals surface area contributed by atoms with E-state index in [9.17, 15) is 22.8 Å². The maximum Gasteiger partial charge on any atom is 0.422 e. The van der Waals surface area contributed by atoms with E-state index in [1.807, 2.05) is 0 Å². The van der Waals surface area contributed by atoms with Crippen LogP contribution in [0.15, 0.2) is 41.5 Å². The summed E-state index contributed by atoms with van der Waals surface area (Å²) in [5, 5.41) is 8.27. The van der Waals surface area contributed by atoms with Crippen molar-refractivity contribution in [2.45, 2.75) is 13.1 Å². The summed E-state index contributed by atoms with van der Waals surface area (Å²) in [6, 6.07) is 5.77. The third-order valence-electron chi connectivity index (χ3n) is 2.91. The Morgan fingerprint density at radius 2 is 1.96 bits per heavy atom. The van der Waals surface area contributed by atoms with Gasteiger partial charge < -0.3 is 10.1 Å². The zero-order valence-electron chi connectivity index (χ0n) is 14.4. The minimum Gasteiger partial charge on any atom is -0.484 e. The average molecular weight is 371 g/mol. The van der Waals surface area contributed by atoms with Crippen molar-refractivity contribution >= 4 is 17.9 Å². The zero-order valence-corrected chi connectivity index (χ0v) is 14.4. The van der Waals surface area contributed by atoms with Crippen LogP contribution >= 0.6 is 0 Å². The number of aldehydes is 1. The van der Waals surface area contributed by atoms with Crippen molar-refractivity contribution in [3.8, 4) is 5.75 Å². The lowest BCUT2D eigenvalue weighted by Gasteiger charge is -2.14. The number of carbonyl (C=O) groups excluding carboxylic acids is 2. The van der Waals surface area contributed by atoms with Crippen LogP contribution in [0.3, 0.4) is 0 Å². The van der Waals surface area contributed by atoms with Gasteiger partial charge in [0.25, 0.3) is 0 Å². The summed E-state index contributed by atoms with van der Waals surface area (Å²) in [6.45, 7) is 0.919. The Kier molecular flexibility index (Phi) is 8.33. The highest BCUT2D eigenvalue weighted by Crippen LogP contribution is 2.19. The molecule has 0 aliphatic rings. The number of ether oxygens (including phenoxy) is 1. The fourth-order valence-corrected chi connectivity index (χ4v) is 1.88. The van der Waals surface area contributed by atoms with Crippen molar-refractivity contribution in [3.05, 3.63) is 42.0 Å². The van der Waals surface area contributed by atoms with Crippen LogP contribution in [0.4, 0.5) is 13.2 Å². The molecular weight excluding hydrogens is 351 g/mol.